The second-order valence-corrected chi connectivity index (χ2v) is 8.17. The van der Waals surface area contributed by atoms with E-state index in [0.717, 1.165) is 12.0 Å². The number of aromatic nitrogens is 1. The number of carboxylic acid groups (broad SMARTS) is 1. The lowest BCUT2D eigenvalue weighted by molar-refractivity contribution is -0.146. The molecule has 26 heavy (non-hydrogen) atoms. The van der Waals surface area contributed by atoms with Crippen molar-refractivity contribution in [3.63, 3.8) is 0 Å². The molecule has 4 rings (SSSR count). The highest BCUT2D eigenvalue weighted by atomic mass is 35.5. The van der Waals surface area contributed by atoms with Crippen molar-refractivity contribution < 1.29 is 14.7 Å². The van der Waals surface area contributed by atoms with Crippen LogP contribution < -0.4 is 5.32 Å². The van der Waals surface area contributed by atoms with Gasteiger partial charge in [-0.25, -0.2) is 4.98 Å². The van der Waals surface area contributed by atoms with E-state index in [1.165, 1.54) is 11.3 Å². The van der Waals surface area contributed by atoms with Crippen molar-refractivity contribution >= 4 is 51.5 Å². The molecule has 8 heteroatoms. The van der Waals surface area contributed by atoms with E-state index in [1.807, 2.05) is 17.5 Å². The minimum atomic E-state index is -0.919. The first kappa shape index (κ1) is 17.5. The Hall–Kier alpha value is -1.89. The van der Waals surface area contributed by atoms with Crippen LogP contribution in [-0.4, -0.2) is 22.0 Å². The molecule has 2 aliphatic rings. The Morgan fingerprint density at radius 3 is 2.58 bits per heavy atom. The van der Waals surface area contributed by atoms with E-state index in [9.17, 15) is 14.7 Å². The van der Waals surface area contributed by atoms with Crippen molar-refractivity contribution in [3.05, 3.63) is 45.8 Å². The van der Waals surface area contributed by atoms with Gasteiger partial charge in [-0.1, -0.05) is 41.4 Å². The number of carbonyl (C=O) groups excluding carboxylic acids is 1. The maximum absolute atomic E-state index is 12.7. The summed E-state index contributed by atoms with van der Waals surface area (Å²) in [7, 11) is 0. The highest BCUT2D eigenvalue weighted by Gasteiger charge is 2.51. The number of hydrogen-bond acceptors (Lipinski definition) is 4. The number of fused-ring (bicyclic) bond motifs is 2. The number of halogens is 2. The number of benzene rings is 1. The van der Waals surface area contributed by atoms with E-state index in [0.29, 0.717) is 20.9 Å². The zero-order chi connectivity index (χ0) is 18.4. The number of anilines is 1. The highest BCUT2D eigenvalue weighted by Crippen LogP contribution is 2.48. The van der Waals surface area contributed by atoms with Crippen molar-refractivity contribution in [1.82, 2.24) is 4.98 Å². The first-order valence-corrected chi connectivity index (χ1v) is 9.70. The van der Waals surface area contributed by atoms with Gasteiger partial charge in [0.2, 0.25) is 5.91 Å². The molecule has 1 amide bonds. The van der Waals surface area contributed by atoms with Crippen LogP contribution in [0.4, 0.5) is 5.13 Å². The predicted octanol–water partition coefficient (Wildman–Crippen LogP) is 4.58. The van der Waals surface area contributed by atoms with E-state index >= 15 is 0 Å². The molecule has 1 aromatic carbocycles. The smallest absolute Gasteiger partial charge is 0.307 e. The molecule has 2 aromatic rings. The molecule has 1 saturated carbocycles. The van der Waals surface area contributed by atoms with Gasteiger partial charge < -0.3 is 10.4 Å². The number of aliphatic carboxylic acids is 1. The molecule has 4 atom stereocenters. The van der Waals surface area contributed by atoms with Crippen LogP contribution in [0.1, 0.15) is 6.42 Å². The van der Waals surface area contributed by atoms with Gasteiger partial charge in [-0.05, 0) is 30.4 Å². The SMILES string of the molecule is O=C(O)[C@@H]1[C@@H](C(=O)Nc2nc(-c3ccc(Cl)c(Cl)c3)cs2)[C@H]2C=C[C@H]1C2. The van der Waals surface area contributed by atoms with E-state index in [-0.39, 0.29) is 17.7 Å². The van der Waals surface area contributed by atoms with Crippen molar-refractivity contribution in [1.29, 1.82) is 0 Å². The monoisotopic (exact) mass is 408 g/mol. The Morgan fingerprint density at radius 1 is 1.15 bits per heavy atom. The first-order valence-electron chi connectivity index (χ1n) is 8.07. The molecule has 2 N–H and O–H groups in total. The number of rotatable bonds is 4. The molecule has 1 aromatic heterocycles. The van der Waals surface area contributed by atoms with Gasteiger partial charge in [-0.3, -0.25) is 9.59 Å². The molecular weight excluding hydrogens is 395 g/mol. The van der Waals surface area contributed by atoms with Gasteiger partial charge in [-0.15, -0.1) is 11.3 Å². The van der Waals surface area contributed by atoms with E-state index in [1.54, 1.807) is 18.2 Å². The summed E-state index contributed by atoms with van der Waals surface area (Å²) in [6.07, 6.45) is 4.60. The Bertz CT molecular complexity index is 927. The molecule has 0 radical (unpaired) electrons. The highest BCUT2D eigenvalue weighted by molar-refractivity contribution is 7.14. The van der Waals surface area contributed by atoms with E-state index in [2.05, 4.69) is 10.3 Å². The van der Waals surface area contributed by atoms with Crippen molar-refractivity contribution in [2.75, 3.05) is 5.32 Å². The second-order valence-electron chi connectivity index (χ2n) is 6.49. The quantitative estimate of drug-likeness (QED) is 0.725. The number of nitrogens with one attached hydrogen (secondary N) is 1. The van der Waals surface area contributed by atoms with E-state index < -0.39 is 17.8 Å². The average Bonchev–Trinajstić information content (AvgIpc) is 3.32. The minimum Gasteiger partial charge on any atom is -0.481 e. The van der Waals surface area contributed by atoms with Crippen LogP contribution in [0.3, 0.4) is 0 Å². The third-order valence-electron chi connectivity index (χ3n) is 5.00. The summed E-state index contributed by atoms with van der Waals surface area (Å²) in [5.74, 6) is -2.51. The fourth-order valence-electron chi connectivity index (χ4n) is 3.82. The van der Waals surface area contributed by atoms with Gasteiger partial charge in [0.1, 0.15) is 0 Å². The molecule has 5 nitrogen and oxygen atoms in total. The molecule has 2 bridgehead atoms. The lowest BCUT2D eigenvalue weighted by Crippen LogP contribution is -2.36. The molecule has 2 aliphatic carbocycles. The van der Waals surface area contributed by atoms with Crippen molar-refractivity contribution in [2.45, 2.75) is 6.42 Å². The molecular formula is C18H14Cl2N2O3S. The summed E-state index contributed by atoms with van der Waals surface area (Å²) in [4.78, 5) is 28.7. The standard InChI is InChI=1S/C18H14Cl2N2O3S/c19-11-4-3-8(6-12(11)20)13-7-26-18(21-13)22-16(23)14-9-1-2-10(5-9)15(14)17(24)25/h1-4,6-7,9-10,14-15H,5H2,(H,24,25)(H,21,22,23)/t9-,10-,14-,15-/m0/s1. The lowest BCUT2D eigenvalue weighted by atomic mass is 9.82. The normalized spacial score (nSPS) is 26.2. The molecule has 1 heterocycles. The Labute approximate surface area is 163 Å². The number of allylic oxidation sites excluding steroid dienone is 2. The maximum Gasteiger partial charge on any atom is 0.307 e. The van der Waals surface area contributed by atoms with Gasteiger partial charge in [0.25, 0.3) is 0 Å². The number of hydrogen-bond donors (Lipinski definition) is 2. The topological polar surface area (TPSA) is 79.3 Å². The average molecular weight is 409 g/mol. The van der Waals surface area contributed by atoms with Gasteiger partial charge in [0.05, 0.1) is 27.6 Å². The zero-order valence-electron chi connectivity index (χ0n) is 13.4. The summed E-state index contributed by atoms with van der Waals surface area (Å²) >= 11 is 13.2. The summed E-state index contributed by atoms with van der Waals surface area (Å²) in [6, 6.07) is 5.21. The number of nitrogens with zero attached hydrogens (tertiary/aromatic N) is 1. The van der Waals surface area contributed by atoms with Crippen LogP contribution in [0.5, 0.6) is 0 Å². The van der Waals surface area contributed by atoms with Crippen LogP contribution in [0.2, 0.25) is 10.0 Å². The third-order valence-corrected chi connectivity index (χ3v) is 6.49. The number of thiazole rings is 1. The Balaban J connectivity index is 1.52. The van der Waals surface area contributed by atoms with E-state index in [4.69, 9.17) is 23.2 Å². The first-order chi connectivity index (χ1) is 12.4. The van der Waals surface area contributed by atoms with Crippen LogP contribution in [-0.2, 0) is 9.59 Å². The molecule has 0 unspecified atom stereocenters. The van der Waals surface area contributed by atoms with Crippen LogP contribution >= 0.6 is 34.5 Å². The number of carbonyl (C=O) groups is 2. The Morgan fingerprint density at radius 2 is 1.88 bits per heavy atom. The Kier molecular flexibility index (Phi) is 4.50. The fraction of sp³-hybridized carbons (Fsp3) is 0.278. The van der Waals surface area contributed by atoms with Gasteiger partial charge in [0, 0.05) is 10.9 Å². The van der Waals surface area contributed by atoms with Crippen molar-refractivity contribution in [2.24, 2.45) is 23.7 Å². The summed E-state index contributed by atoms with van der Waals surface area (Å²) in [6.45, 7) is 0. The zero-order valence-corrected chi connectivity index (χ0v) is 15.7. The van der Waals surface area contributed by atoms with Crippen LogP contribution in [0.25, 0.3) is 11.3 Å². The molecule has 1 fully saturated rings. The lowest BCUT2D eigenvalue weighted by Gasteiger charge is -2.23. The molecule has 0 aliphatic heterocycles. The second kappa shape index (κ2) is 6.68. The van der Waals surface area contributed by atoms with Gasteiger partial charge in [0.15, 0.2) is 5.13 Å². The van der Waals surface area contributed by atoms with Gasteiger partial charge in [-0.2, -0.15) is 0 Å². The number of carboxylic acids is 1. The molecule has 0 saturated heterocycles. The summed E-state index contributed by atoms with van der Waals surface area (Å²) in [5, 5.41) is 15.4. The summed E-state index contributed by atoms with van der Waals surface area (Å²) < 4.78 is 0. The van der Waals surface area contributed by atoms with Gasteiger partial charge >= 0.3 is 5.97 Å². The summed E-state index contributed by atoms with van der Waals surface area (Å²) in [5.41, 5.74) is 1.47. The van der Waals surface area contributed by atoms with Crippen LogP contribution in [0.15, 0.2) is 35.7 Å². The predicted molar refractivity (Wildman–Crippen MR) is 102 cm³/mol. The molecule has 0 spiro atoms. The van der Waals surface area contributed by atoms with Crippen molar-refractivity contribution in [3.8, 4) is 11.3 Å². The largest absolute Gasteiger partial charge is 0.481 e. The molecule has 134 valence electrons. The maximum atomic E-state index is 12.7. The minimum absolute atomic E-state index is 0.0180. The third kappa shape index (κ3) is 3.02. The number of amides is 1. The fourth-order valence-corrected chi connectivity index (χ4v) is 4.84. The van der Waals surface area contributed by atoms with Crippen LogP contribution in [0, 0.1) is 23.7 Å².